The van der Waals surface area contributed by atoms with Crippen molar-refractivity contribution >= 4 is 10.1 Å². The molecule has 0 bridgehead atoms. The van der Waals surface area contributed by atoms with E-state index < -0.39 is 10.1 Å². The number of unbranched alkanes of at least 4 members (excludes halogenated alkanes) is 11. The molecule has 0 saturated heterocycles. The molecular weight excluding hydrogens is 334 g/mol. The van der Waals surface area contributed by atoms with Crippen LogP contribution in [0.2, 0.25) is 0 Å². The first kappa shape index (κ1) is 24.1. The van der Waals surface area contributed by atoms with Gasteiger partial charge in [-0.3, -0.25) is 4.18 Å². The third kappa shape index (κ3) is 12.1. The van der Waals surface area contributed by atoms with Gasteiger partial charge in [0.2, 0.25) is 0 Å². The van der Waals surface area contributed by atoms with E-state index in [1.807, 2.05) is 0 Å². The summed E-state index contributed by atoms with van der Waals surface area (Å²) < 4.78 is 28.9. The molecular formula is C20H37NO3S. The van der Waals surface area contributed by atoms with Gasteiger partial charge in [0.05, 0.1) is 11.5 Å². The van der Waals surface area contributed by atoms with Crippen molar-refractivity contribution < 1.29 is 12.6 Å². The van der Waals surface area contributed by atoms with E-state index in [1.165, 1.54) is 64.2 Å². The Morgan fingerprint density at radius 3 is 1.64 bits per heavy atom. The summed E-state index contributed by atoms with van der Waals surface area (Å²) in [4.78, 5) is 0.240. The normalized spacial score (nSPS) is 11.2. The number of rotatable bonds is 15. The van der Waals surface area contributed by atoms with Gasteiger partial charge in [0.15, 0.2) is 0 Å². The fourth-order valence-electron chi connectivity index (χ4n) is 2.77. The monoisotopic (exact) mass is 371 g/mol. The van der Waals surface area contributed by atoms with Gasteiger partial charge in [-0.05, 0) is 18.6 Å². The molecule has 1 aromatic rings. The Morgan fingerprint density at radius 2 is 1.16 bits per heavy atom. The molecule has 0 unspecified atom stereocenters. The van der Waals surface area contributed by atoms with Crippen molar-refractivity contribution in [2.45, 2.75) is 88.9 Å². The van der Waals surface area contributed by atoms with E-state index in [-0.39, 0.29) is 17.7 Å². The lowest BCUT2D eigenvalue weighted by Gasteiger charge is -2.05. The largest absolute Gasteiger partial charge is 0.344 e. The summed E-state index contributed by atoms with van der Waals surface area (Å²) in [6.07, 6.45) is 15.1. The van der Waals surface area contributed by atoms with E-state index in [4.69, 9.17) is 4.18 Å². The third-order valence-electron chi connectivity index (χ3n) is 4.27. The molecule has 0 atom stereocenters. The van der Waals surface area contributed by atoms with Crippen LogP contribution in [0.15, 0.2) is 35.2 Å². The van der Waals surface area contributed by atoms with Gasteiger partial charge in [0, 0.05) is 0 Å². The summed E-state index contributed by atoms with van der Waals surface area (Å²) in [6, 6.07) is 8.35. The van der Waals surface area contributed by atoms with Gasteiger partial charge >= 0.3 is 0 Å². The average Bonchev–Trinajstić information content (AvgIpc) is 2.60. The zero-order chi connectivity index (χ0) is 17.5. The van der Waals surface area contributed by atoms with Crippen molar-refractivity contribution in [2.24, 2.45) is 0 Å². The number of hydrogen-bond acceptors (Lipinski definition) is 4. The van der Waals surface area contributed by atoms with Crippen LogP contribution in [0.1, 0.15) is 84.0 Å². The van der Waals surface area contributed by atoms with Crippen molar-refractivity contribution in [2.75, 3.05) is 6.61 Å². The van der Waals surface area contributed by atoms with E-state index in [1.54, 1.807) is 30.3 Å². The Bertz CT molecular complexity index is 503. The van der Waals surface area contributed by atoms with Crippen molar-refractivity contribution in [1.29, 1.82) is 0 Å². The molecule has 1 rings (SSSR count). The minimum absolute atomic E-state index is 0. The maximum absolute atomic E-state index is 11.9. The highest BCUT2D eigenvalue weighted by atomic mass is 32.2. The lowest BCUT2D eigenvalue weighted by molar-refractivity contribution is 0.306. The Labute approximate surface area is 155 Å². The Hall–Kier alpha value is -0.910. The first-order chi connectivity index (χ1) is 11.7. The fourth-order valence-corrected chi connectivity index (χ4v) is 3.73. The van der Waals surface area contributed by atoms with Crippen LogP contribution in [0.4, 0.5) is 0 Å². The summed E-state index contributed by atoms with van der Waals surface area (Å²) in [6.45, 7) is 2.54. The molecule has 0 amide bonds. The molecule has 5 heteroatoms. The van der Waals surface area contributed by atoms with Crippen LogP contribution >= 0.6 is 0 Å². The second-order valence-electron chi connectivity index (χ2n) is 6.48. The highest BCUT2D eigenvalue weighted by Gasteiger charge is 2.13. The molecule has 4 nitrogen and oxygen atoms in total. The first-order valence-corrected chi connectivity index (χ1v) is 11.0. The van der Waals surface area contributed by atoms with Gasteiger partial charge in [-0.25, -0.2) is 0 Å². The minimum Gasteiger partial charge on any atom is -0.344 e. The highest BCUT2D eigenvalue weighted by Crippen LogP contribution is 2.14. The number of benzene rings is 1. The topological polar surface area (TPSA) is 78.4 Å². The second kappa shape index (κ2) is 15.4. The van der Waals surface area contributed by atoms with E-state index in [0.29, 0.717) is 0 Å². The molecule has 0 aromatic heterocycles. The maximum atomic E-state index is 11.9. The molecule has 1 aromatic carbocycles. The van der Waals surface area contributed by atoms with E-state index in [9.17, 15) is 8.42 Å². The summed E-state index contributed by atoms with van der Waals surface area (Å²) >= 11 is 0. The molecule has 0 radical (unpaired) electrons. The highest BCUT2D eigenvalue weighted by molar-refractivity contribution is 7.86. The Morgan fingerprint density at radius 1 is 0.720 bits per heavy atom. The fraction of sp³-hybridized carbons (Fsp3) is 0.700. The molecule has 0 aliphatic carbocycles. The molecule has 0 heterocycles. The molecule has 0 fully saturated rings. The minimum atomic E-state index is -3.57. The lowest BCUT2D eigenvalue weighted by Crippen LogP contribution is -2.07. The molecule has 3 N–H and O–H groups in total. The standard InChI is InChI=1S/C20H34O3S.H3N/c1-2-3-4-5-6-7-8-9-10-11-12-16-19-23-24(21,22)20-17-14-13-15-18-20;/h13-15,17-18H,2-12,16,19H2,1H3;1H3. The molecule has 146 valence electrons. The van der Waals surface area contributed by atoms with Gasteiger partial charge in [0.1, 0.15) is 0 Å². The Kier molecular flexibility index (Phi) is 14.8. The van der Waals surface area contributed by atoms with Crippen LogP contribution < -0.4 is 6.15 Å². The zero-order valence-corrected chi connectivity index (χ0v) is 16.7. The summed E-state index contributed by atoms with van der Waals surface area (Å²) in [5.41, 5.74) is 0. The smallest absolute Gasteiger partial charge is 0.296 e. The van der Waals surface area contributed by atoms with Crippen molar-refractivity contribution in [3.05, 3.63) is 30.3 Å². The van der Waals surface area contributed by atoms with Gasteiger partial charge < -0.3 is 6.15 Å². The molecule has 0 aliphatic heterocycles. The molecule has 0 aliphatic rings. The van der Waals surface area contributed by atoms with Gasteiger partial charge in [-0.2, -0.15) is 8.42 Å². The van der Waals surface area contributed by atoms with Gasteiger partial charge in [-0.15, -0.1) is 0 Å². The summed E-state index contributed by atoms with van der Waals surface area (Å²) in [5, 5.41) is 0. The first-order valence-electron chi connectivity index (χ1n) is 9.61. The summed E-state index contributed by atoms with van der Waals surface area (Å²) in [5.74, 6) is 0. The SMILES string of the molecule is CCCCCCCCCCCCCCOS(=O)(=O)c1ccccc1.N. The van der Waals surface area contributed by atoms with E-state index in [0.717, 1.165) is 12.8 Å². The predicted molar refractivity (Wildman–Crippen MR) is 106 cm³/mol. The van der Waals surface area contributed by atoms with Gasteiger partial charge in [0.25, 0.3) is 10.1 Å². The number of hydrogen-bond donors (Lipinski definition) is 1. The van der Waals surface area contributed by atoms with Crippen molar-refractivity contribution in [3.8, 4) is 0 Å². The van der Waals surface area contributed by atoms with E-state index in [2.05, 4.69) is 6.92 Å². The van der Waals surface area contributed by atoms with Crippen molar-refractivity contribution in [3.63, 3.8) is 0 Å². The maximum Gasteiger partial charge on any atom is 0.296 e. The summed E-state index contributed by atoms with van der Waals surface area (Å²) in [7, 11) is -3.57. The predicted octanol–water partition coefficient (Wildman–Crippen LogP) is 6.26. The second-order valence-corrected chi connectivity index (χ2v) is 8.09. The molecule has 0 spiro atoms. The Balaban J connectivity index is 0.00000576. The van der Waals surface area contributed by atoms with Crippen LogP contribution in [-0.4, -0.2) is 15.0 Å². The average molecular weight is 372 g/mol. The third-order valence-corrected chi connectivity index (χ3v) is 5.59. The lowest BCUT2D eigenvalue weighted by atomic mass is 10.1. The molecule has 0 saturated carbocycles. The quantitative estimate of drug-likeness (QED) is 0.292. The van der Waals surface area contributed by atoms with Gasteiger partial charge in [-0.1, -0.05) is 95.8 Å². The zero-order valence-electron chi connectivity index (χ0n) is 15.9. The van der Waals surface area contributed by atoms with Crippen LogP contribution in [0, 0.1) is 0 Å². The van der Waals surface area contributed by atoms with Crippen LogP contribution in [0.25, 0.3) is 0 Å². The van der Waals surface area contributed by atoms with Crippen molar-refractivity contribution in [1.82, 2.24) is 6.15 Å². The van der Waals surface area contributed by atoms with E-state index >= 15 is 0 Å². The van der Waals surface area contributed by atoms with Crippen LogP contribution in [0.5, 0.6) is 0 Å². The van der Waals surface area contributed by atoms with Crippen LogP contribution in [0.3, 0.4) is 0 Å². The molecule has 25 heavy (non-hydrogen) atoms. The van der Waals surface area contributed by atoms with Crippen LogP contribution in [-0.2, 0) is 14.3 Å².